The fraction of sp³-hybridized carbons (Fsp3) is 0. The number of para-hydroxylation sites is 1. The van der Waals surface area contributed by atoms with Gasteiger partial charge in [-0.15, -0.1) is 0 Å². The zero-order chi connectivity index (χ0) is 20.9. The number of anilines is 1. The zero-order valence-corrected chi connectivity index (χ0v) is 15.9. The third-order valence-corrected chi connectivity index (χ3v) is 4.75. The van der Waals surface area contributed by atoms with Crippen LogP contribution in [-0.2, 0) is 0 Å². The molecule has 0 saturated heterocycles. The zero-order valence-electron chi connectivity index (χ0n) is 15.9. The van der Waals surface area contributed by atoms with Crippen molar-refractivity contribution < 1.29 is 4.79 Å². The lowest BCUT2D eigenvalue weighted by molar-refractivity contribution is 0.102. The molecule has 0 atom stereocenters. The van der Waals surface area contributed by atoms with E-state index in [0.29, 0.717) is 16.9 Å². The van der Waals surface area contributed by atoms with Gasteiger partial charge in [-0.3, -0.25) is 9.59 Å². The molecule has 0 bridgehead atoms. The van der Waals surface area contributed by atoms with Crippen molar-refractivity contribution in [2.75, 3.05) is 5.32 Å². The van der Waals surface area contributed by atoms with Gasteiger partial charge in [0.2, 0.25) is 0 Å². The lowest BCUT2D eigenvalue weighted by Gasteiger charge is -2.08. The van der Waals surface area contributed by atoms with Gasteiger partial charge in [0.1, 0.15) is 11.6 Å². The van der Waals surface area contributed by atoms with Crippen molar-refractivity contribution in [1.29, 1.82) is 5.26 Å². The maximum atomic E-state index is 12.5. The van der Waals surface area contributed by atoms with Gasteiger partial charge in [-0.25, -0.2) is 0 Å². The van der Waals surface area contributed by atoms with Crippen molar-refractivity contribution >= 4 is 11.6 Å². The predicted molar refractivity (Wildman–Crippen MR) is 117 cm³/mol. The van der Waals surface area contributed by atoms with Crippen molar-refractivity contribution in [2.45, 2.75) is 0 Å². The molecule has 1 amide bonds. The summed E-state index contributed by atoms with van der Waals surface area (Å²) in [4.78, 5) is 27.8. The van der Waals surface area contributed by atoms with Crippen LogP contribution in [0.25, 0.3) is 22.4 Å². The molecule has 5 heteroatoms. The van der Waals surface area contributed by atoms with Crippen LogP contribution in [0.1, 0.15) is 15.9 Å². The van der Waals surface area contributed by atoms with E-state index in [1.165, 1.54) is 6.07 Å². The number of nitriles is 1. The van der Waals surface area contributed by atoms with Gasteiger partial charge >= 0.3 is 0 Å². The Balaban J connectivity index is 1.57. The van der Waals surface area contributed by atoms with Crippen molar-refractivity contribution in [1.82, 2.24) is 4.98 Å². The lowest BCUT2D eigenvalue weighted by Crippen LogP contribution is -2.23. The minimum atomic E-state index is -0.565. The number of hydrogen-bond donors (Lipinski definition) is 2. The van der Waals surface area contributed by atoms with Crippen LogP contribution in [0.4, 0.5) is 5.69 Å². The van der Waals surface area contributed by atoms with E-state index in [1.54, 1.807) is 30.3 Å². The molecule has 1 aromatic heterocycles. The van der Waals surface area contributed by atoms with Crippen LogP contribution in [0, 0.1) is 11.3 Å². The number of amides is 1. The molecule has 0 aliphatic heterocycles. The number of nitrogens with one attached hydrogen (secondary N) is 2. The van der Waals surface area contributed by atoms with Crippen LogP contribution >= 0.6 is 0 Å². The number of nitrogens with zero attached hydrogens (tertiary/aromatic N) is 1. The highest BCUT2D eigenvalue weighted by molar-refractivity contribution is 6.04. The van der Waals surface area contributed by atoms with E-state index in [2.05, 4.69) is 10.3 Å². The molecule has 5 nitrogen and oxygen atoms in total. The topological polar surface area (TPSA) is 85.8 Å². The van der Waals surface area contributed by atoms with Gasteiger partial charge in [0, 0.05) is 5.69 Å². The van der Waals surface area contributed by atoms with Crippen LogP contribution in [0.3, 0.4) is 0 Å². The molecule has 3 aromatic carbocycles. The number of aromatic amines is 1. The molecule has 0 fully saturated rings. The van der Waals surface area contributed by atoms with E-state index >= 15 is 0 Å². The standard InChI is InChI=1S/C25H17N3O2/c26-16-20-8-4-5-9-22(20)27-24(29)21-14-15-23(28-25(21)30)19-12-10-18(11-13-19)17-6-2-1-3-7-17/h1-15H,(H,27,29)(H,28,30). The highest BCUT2D eigenvalue weighted by Crippen LogP contribution is 2.23. The number of carbonyl (C=O) groups is 1. The first-order chi connectivity index (χ1) is 14.7. The number of carbonyl (C=O) groups excluding carboxylic acids is 1. The molecule has 1 heterocycles. The minimum Gasteiger partial charge on any atom is -0.321 e. The summed E-state index contributed by atoms with van der Waals surface area (Å²) in [5, 5.41) is 11.8. The van der Waals surface area contributed by atoms with Gasteiger partial charge in [0.05, 0.1) is 11.3 Å². The van der Waals surface area contributed by atoms with E-state index in [0.717, 1.165) is 16.7 Å². The first kappa shape index (κ1) is 18.9. The fourth-order valence-corrected chi connectivity index (χ4v) is 3.17. The number of hydrogen-bond acceptors (Lipinski definition) is 3. The Morgan fingerprint density at radius 3 is 2.10 bits per heavy atom. The Labute approximate surface area is 173 Å². The van der Waals surface area contributed by atoms with E-state index in [4.69, 9.17) is 5.26 Å². The van der Waals surface area contributed by atoms with Crippen LogP contribution in [0.2, 0.25) is 0 Å². The molecule has 0 radical (unpaired) electrons. The third kappa shape index (κ3) is 3.89. The molecule has 0 unspecified atom stereocenters. The van der Waals surface area contributed by atoms with Gasteiger partial charge < -0.3 is 10.3 Å². The van der Waals surface area contributed by atoms with E-state index in [-0.39, 0.29) is 5.56 Å². The van der Waals surface area contributed by atoms with Gasteiger partial charge in [0.15, 0.2) is 0 Å². The highest BCUT2D eigenvalue weighted by atomic mass is 16.2. The summed E-state index contributed by atoms with van der Waals surface area (Å²) in [6.45, 7) is 0. The molecule has 0 aliphatic rings. The number of H-pyrrole nitrogens is 1. The SMILES string of the molecule is N#Cc1ccccc1NC(=O)c1ccc(-c2ccc(-c3ccccc3)cc2)[nH]c1=O. The summed E-state index contributed by atoms with van der Waals surface area (Å²) < 4.78 is 0. The molecular formula is C25H17N3O2. The second-order valence-electron chi connectivity index (χ2n) is 6.67. The van der Waals surface area contributed by atoms with Crippen molar-refractivity contribution in [2.24, 2.45) is 0 Å². The Hall–Kier alpha value is -4.43. The minimum absolute atomic E-state index is 0.0209. The number of rotatable bonds is 4. The van der Waals surface area contributed by atoms with Gasteiger partial charge in [-0.1, -0.05) is 66.7 Å². The average Bonchev–Trinajstić information content (AvgIpc) is 2.80. The number of benzene rings is 3. The number of aromatic nitrogens is 1. The lowest BCUT2D eigenvalue weighted by atomic mass is 10.0. The Kier molecular flexibility index (Phi) is 5.23. The molecule has 4 rings (SSSR count). The normalized spacial score (nSPS) is 10.2. The first-order valence-electron chi connectivity index (χ1n) is 9.35. The van der Waals surface area contributed by atoms with Gasteiger partial charge in [-0.05, 0) is 41.0 Å². The Morgan fingerprint density at radius 1 is 0.767 bits per heavy atom. The highest BCUT2D eigenvalue weighted by Gasteiger charge is 2.13. The predicted octanol–water partition coefficient (Wildman–Crippen LogP) is 4.83. The van der Waals surface area contributed by atoms with Gasteiger partial charge in [0.25, 0.3) is 11.5 Å². The largest absolute Gasteiger partial charge is 0.321 e. The summed E-state index contributed by atoms with van der Waals surface area (Å²) >= 11 is 0. The molecule has 2 N–H and O–H groups in total. The van der Waals surface area contributed by atoms with Crippen LogP contribution < -0.4 is 10.9 Å². The van der Waals surface area contributed by atoms with Crippen molar-refractivity contribution in [3.05, 3.63) is 112 Å². The molecule has 30 heavy (non-hydrogen) atoms. The summed E-state index contributed by atoms with van der Waals surface area (Å²) in [7, 11) is 0. The van der Waals surface area contributed by atoms with Crippen molar-refractivity contribution in [3.8, 4) is 28.5 Å². The number of pyridine rings is 1. The summed E-state index contributed by atoms with van der Waals surface area (Å²) in [5.41, 5.74) is 3.83. The first-order valence-corrected chi connectivity index (χ1v) is 9.35. The van der Waals surface area contributed by atoms with E-state index in [1.807, 2.05) is 60.7 Å². The molecule has 4 aromatic rings. The van der Waals surface area contributed by atoms with E-state index in [9.17, 15) is 9.59 Å². The Bertz CT molecular complexity index is 1300. The molecule has 0 spiro atoms. The summed E-state index contributed by atoms with van der Waals surface area (Å²) in [6, 6.07) is 29.7. The summed E-state index contributed by atoms with van der Waals surface area (Å²) in [5.74, 6) is -0.565. The van der Waals surface area contributed by atoms with Crippen molar-refractivity contribution in [3.63, 3.8) is 0 Å². The monoisotopic (exact) mass is 391 g/mol. The van der Waals surface area contributed by atoms with Crippen LogP contribution in [-0.4, -0.2) is 10.9 Å². The molecule has 0 saturated carbocycles. The van der Waals surface area contributed by atoms with E-state index < -0.39 is 11.5 Å². The summed E-state index contributed by atoms with van der Waals surface area (Å²) in [6.07, 6.45) is 0. The Morgan fingerprint density at radius 2 is 1.40 bits per heavy atom. The molecule has 0 aliphatic carbocycles. The maximum Gasteiger partial charge on any atom is 0.261 e. The van der Waals surface area contributed by atoms with Crippen LogP contribution in [0.15, 0.2) is 95.8 Å². The third-order valence-electron chi connectivity index (χ3n) is 4.75. The van der Waals surface area contributed by atoms with Crippen LogP contribution in [0.5, 0.6) is 0 Å². The second kappa shape index (κ2) is 8.29. The molecule has 144 valence electrons. The maximum absolute atomic E-state index is 12.5. The quantitative estimate of drug-likeness (QED) is 0.522. The fourth-order valence-electron chi connectivity index (χ4n) is 3.17. The van der Waals surface area contributed by atoms with Gasteiger partial charge in [-0.2, -0.15) is 5.26 Å². The smallest absolute Gasteiger partial charge is 0.261 e. The second-order valence-corrected chi connectivity index (χ2v) is 6.67. The average molecular weight is 391 g/mol. The molecular weight excluding hydrogens is 374 g/mol.